The van der Waals surface area contributed by atoms with Crippen LogP contribution in [0.25, 0.3) is 0 Å². The summed E-state index contributed by atoms with van der Waals surface area (Å²) in [5.74, 6) is 0. The minimum Gasteiger partial charge on any atom is -0.366 e. The number of hydrogen-bond acceptors (Lipinski definition) is 6. The highest BCUT2D eigenvalue weighted by atomic mass is 31.2. The molecule has 0 saturated carbocycles. The van der Waals surface area contributed by atoms with Gasteiger partial charge in [0.2, 0.25) is 0 Å². The Kier molecular flexibility index (Phi) is 6.10. The van der Waals surface area contributed by atoms with Gasteiger partial charge in [-0.05, 0) is 0 Å². The van der Waals surface area contributed by atoms with Gasteiger partial charge in [-0.15, -0.1) is 0 Å². The zero-order chi connectivity index (χ0) is 9.71. The fourth-order valence-electron chi connectivity index (χ4n) is 0. The third kappa shape index (κ3) is 68.4. The monoisotopic (exact) mass is 210 g/mol. The fraction of sp³-hybridized carbons (Fsp3) is 0. The molecule has 0 rings (SSSR count). The van der Waals surface area contributed by atoms with Crippen LogP contribution in [-0.2, 0) is 9.14 Å². The van der Waals surface area contributed by atoms with Gasteiger partial charge in [-0.25, -0.2) is 4.57 Å². The summed E-state index contributed by atoms with van der Waals surface area (Å²) in [6.45, 7) is 0. The van der Waals surface area contributed by atoms with E-state index in [9.17, 15) is 0 Å². The molecule has 0 spiro atoms. The molecule has 0 bridgehead atoms. The summed E-state index contributed by atoms with van der Waals surface area (Å²) in [4.78, 5) is 44.4. The van der Waals surface area contributed by atoms with Crippen molar-refractivity contribution in [3.05, 3.63) is 0 Å². The van der Waals surface area contributed by atoms with E-state index in [0.717, 1.165) is 0 Å². The Morgan fingerprint density at radius 1 is 1.09 bits per heavy atom. The minimum atomic E-state index is -4.64. The van der Waals surface area contributed by atoms with Crippen LogP contribution in [0, 0.1) is 0 Å². The van der Waals surface area contributed by atoms with Gasteiger partial charge in [0.1, 0.15) is 0 Å². The van der Waals surface area contributed by atoms with Gasteiger partial charge < -0.3 is 29.1 Å². The third-order valence-electron chi connectivity index (χ3n) is 0.122. The predicted octanol–water partition coefficient (Wildman–Crippen LogP) is -3.04. The highest BCUT2D eigenvalue weighted by Gasteiger charge is 2.30. The lowest BCUT2D eigenvalue weighted by Gasteiger charge is -1.98. The van der Waals surface area contributed by atoms with Gasteiger partial charge in [0.05, 0.1) is 0 Å². The second-order valence-electron chi connectivity index (χ2n) is 1.18. The largest absolute Gasteiger partial charge is 0.699 e. The Morgan fingerprint density at radius 2 is 1.18 bits per heavy atom. The topological polar surface area (TPSA) is 168 Å². The maximum absolute atomic E-state index is 8.88. The van der Waals surface area contributed by atoms with Crippen molar-refractivity contribution in [1.82, 2.24) is 0 Å². The van der Waals surface area contributed by atoms with Crippen LogP contribution in [0.5, 0.6) is 0 Å². The lowest BCUT2D eigenvalue weighted by molar-refractivity contribution is -0.209. The van der Waals surface area contributed by atoms with Crippen LogP contribution in [0.1, 0.15) is 0 Å². The first-order chi connectivity index (χ1) is 4.56. The third-order valence-corrected chi connectivity index (χ3v) is 0.367. The Balaban J connectivity index is 0. The molecule has 11 heavy (non-hydrogen) atoms. The van der Waals surface area contributed by atoms with E-state index in [1.54, 1.807) is 0 Å². The van der Waals surface area contributed by atoms with Gasteiger partial charge in [-0.3, -0.25) is 5.26 Å². The smallest absolute Gasteiger partial charge is 0.366 e. The number of hydrogen-bond donors (Lipinski definition) is 7. The second kappa shape index (κ2) is 4.90. The zero-order valence-electron chi connectivity index (χ0n) is 4.89. The van der Waals surface area contributed by atoms with E-state index in [-0.39, 0.29) is 0 Å². The maximum Gasteiger partial charge on any atom is 0.699 e. The van der Waals surface area contributed by atoms with E-state index in [2.05, 4.69) is 4.58 Å². The van der Waals surface area contributed by atoms with Crippen molar-refractivity contribution in [2.75, 3.05) is 0 Å². The molecule has 7 N–H and O–H groups in total. The summed E-state index contributed by atoms with van der Waals surface area (Å²) in [6, 6.07) is 0. The van der Waals surface area contributed by atoms with Crippen molar-refractivity contribution < 1.29 is 43.5 Å². The molecule has 0 radical (unpaired) electrons. The number of rotatable bonds is 1. The molecule has 0 aliphatic rings. The summed E-state index contributed by atoms with van der Waals surface area (Å²) < 4.78 is 11.6. The molecule has 0 atom stereocenters. The molecule has 11 heteroatoms. The van der Waals surface area contributed by atoms with Gasteiger partial charge in [0, 0.05) is 0 Å². The first kappa shape index (κ1) is 13.7. The van der Waals surface area contributed by atoms with Crippen molar-refractivity contribution in [3.8, 4) is 0 Å². The molecule has 0 aromatic rings. The van der Waals surface area contributed by atoms with Crippen LogP contribution in [0.2, 0.25) is 0 Å². The summed E-state index contributed by atoms with van der Waals surface area (Å²) in [7, 11) is -9.21. The molecule has 0 aromatic heterocycles. The van der Waals surface area contributed by atoms with Gasteiger partial charge in [0.25, 0.3) is 0 Å². The molecular weight excluding hydrogens is 203 g/mol. The predicted molar refractivity (Wildman–Crippen MR) is 30.4 cm³/mol. The lowest BCUT2D eigenvalue weighted by atomic mass is 14.9. The summed E-state index contributed by atoms with van der Waals surface area (Å²) >= 11 is 0. The molecule has 0 aliphatic heterocycles. The average Bonchev–Trinajstić information content (AvgIpc) is 1.59. The minimum absolute atomic E-state index is 2.74. The standard InChI is InChI=1S/H4O5Si.H3O4P/c1-5-6(2,3)4;1-5(2,3)4/h1-4H;(H3,1,2,3,4). The van der Waals surface area contributed by atoms with E-state index in [0.29, 0.717) is 0 Å². The Bertz CT molecular complexity index is 119. The normalized spacial score (nSPS) is 11.9. The fourth-order valence-corrected chi connectivity index (χ4v) is 0. The lowest BCUT2D eigenvalue weighted by Crippen LogP contribution is -2.37. The van der Waals surface area contributed by atoms with Gasteiger partial charge in [-0.1, -0.05) is 0 Å². The molecule has 0 saturated heterocycles. The van der Waals surface area contributed by atoms with Crippen LogP contribution < -0.4 is 0 Å². The second-order valence-corrected chi connectivity index (χ2v) is 3.54. The van der Waals surface area contributed by atoms with Crippen LogP contribution in [0.15, 0.2) is 0 Å². The van der Waals surface area contributed by atoms with Gasteiger partial charge in [0.15, 0.2) is 0 Å². The van der Waals surface area contributed by atoms with Crippen molar-refractivity contribution >= 4 is 16.9 Å². The van der Waals surface area contributed by atoms with Crippen LogP contribution in [0.3, 0.4) is 0 Å². The quantitative estimate of drug-likeness (QED) is 0.103. The van der Waals surface area contributed by atoms with Gasteiger partial charge in [-0.2, -0.15) is 4.58 Å². The summed E-state index contributed by atoms with van der Waals surface area (Å²) in [5, 5.41) is 7.21. The highest BCUT2D eigenvalue weighted by molar-refractivity contribution is 7.45. The molecule has 9 nitrogen and oxygen atoms in total. The first-order valence-electron chi connectivity index (χ1n) is 1.84. The molecule has 70 valence electrons. The van der Waals surface area contributed by atoms with E-state index >= 15 is 0 Å². The Hall–Kier alpha value is 0.127. The highest BCUT2D eigenvalue weighted by Crippen LogP contribution is 2.25. The average molecular weight is 210 g/mol. The summed E-state index contributed by atoms with van der Waals surface area (Å²) in [6.07, 6.45) is 0. The molecule has 0 fully saturated rings. The Labute approximate surface area is 61.4 Å². The van der Waals surface area contributed by atoms with Crippen LogP contribution >= 0.6 is 7.82 Å². The van der Waals surface area contributed by atoms with Crippen LogP contribution in [0.4, 0.5) is 0 Å². The van der Waals surface area contributed by atoms with E-state index in [1.165, 1.54) is 0 Å². The molecular formula is H7O9PSi. The van der Waals surface area contributed by atoms with Gasteiger partial charge >= 0.3 is 16.9 Å². The molecule has 0 unspecified atom stereocenters. The Morgan fingerprint density at radius 3 is 1.18 bits per heavy atom. The van der Waals surface area contributed by atoms with E-state index in [4.69, 9.17) is 38.9 Å². The van der Waals surface area contributed by atoms with E-state index < -0.39 is 16.9 Å². The van der Waals surface area contributed by atoms with Crippen LogP contribution in [-0.4, -0.2) is 43.4 Å². The molecule has 0 aliphatic carbocycles. The molecule has 0 heterocycles. The first-order valence-corrected chi connectivity index (χ1v) is 5.16. The maximum atomic E-state index is 8.88. The van der Waals surface area contributed by atoms with Crippen molar-refractivity contribution in [1.29, 1.82) is 0 Å². The van der Waals surface area contributed by atoms with Crippen molar-refractivity contribution in [2.45, 2.75) is 0 Å². The van der Waals surface area contributed by atoms with Crippen molar-refractivity contribution in [2.24, 2.45) is 0 Å². The van der Waals surface area contributed by atoms with E-state index in [1.807, 2.05) is 0 Å². The summed E-state index contributed by atoms with van der Waals surface area (Å²) in [5.41, 5.74) is 0. The molecule has 0 amide bonds. The zero-order valence-corrected chi connectivity index (χ0v) is 6.79. The number of phosphoric acid groups is 1. The van der Waals surface area contributed by atoms with Crippen molar-refractivity contribution in [3.63, 3.8) is 0 Å². The molecule has 0 aromatic carbocycles. The SMILES string of the molecule is O=P(O)(O)O.OO[Si](O)(O)O.